The molecule has 2 rings (SSSR count). The van der Waals surface area contributed by atoms with Crippen LogP contribution in [0.3, 0.4) is 0 Å². The number of nitrogens with one attached hydrogen (secondary N) is 1. The van der Waals surface area contributed by atoms with Gasteiger partial charge in [-0.1, -0.05) is 13.8 Å². The van der Waals surface area contributed by atoms with E-state index in [0.29, 0.717) is 17.6 Å². The summed E-state index contributed by atoms with van der Waals surface area (Å²) < 4.78 is 1.87. The minimum Gasteiger partial charge on any atom is -0.308 e. The molecule has 0 fully saturated rings. The smallest absolute Gasteiger partial charge is 0.180 e. The molecule has 0 aromatic carbocycles. The Labute approximate surface area is 113 Å². The molecule has 2 aromatic heterocycles. The lowest BCUT2D eigenvalue weighted by Gasteiger charge is -2.10. The predicted octanol–water partition coefficient (Wildman–Crippen LogP) is 1.84. The standard InChI is InChI=1S/C13H20N6/c1-4-19-11(5-6-15-19)13-16-10(7-9(2)3)8-12(17-13)18-14/h5-6,8-9H,4,7,14H2,1-3H3,(H,16,17,18). The number of hydrazine groups is 1. The third-order valence-corrected chi connectivity index (χ3v) is 2.79. The van der Waals surface area contributed by atoms with Crippen molar-refractivity contribution in [2.24, 2.45) is 11.8 Å². The van der Waals surface area contributed by atoms with Gasteiger partial charge in [-0.2, -0.15) is 5.10 Å². The number of hydrogen-bond acceptors (Lipinski definition) is 5. The molecule has 0 aliphatic rings. The molecule has 0 radical (unpaired) electrons. The maximum absolute atomic E-state index is 5.48. The number of nitrogens with zero attached hydrogens (tertiary/aromatic N) is 4. The van der Waals surface area contributed by atoms with Crippen LogP contribution >= 0.6 is 0 Å². The van der Waals surface area contributed by atoms with E-state index in [4.69, 9.17) is 5.84 Å². The summed E-state index contributed by atoms with van der Waals surface area (Å²) >= 11 is 0. The second kappa shape index (κ2) is 5.79. The van der Waals surface area contributed by atoms with Gasteiger partial charge in [-0.3, -0.25) is 4.68 Å². The highest BCUT2D eigenvalue weighted by Crippen LogP contribution is 2.19. The van der Waals surface area contributed by atoms with Crippen molar-refractivity contribution in [2.75, 3.05) is 5.43 Å². The summed E-state index contributed by atoms with van der Waals surface area (Å²) in [7, 11) is 0. The molecule has 0 spiro atoms. The average molecular weight is 260 g/mol. The van der Waals surface area contributed by atoms with Gasteiger partial charge < -0.3 is 5.43 Å². The fourth-order valence-corrected chi connectivity index (χ4v) is 1.98. The first-order valence-corrected chi connectivity index (χ1v) is 6.50. The fourth-order valence-electron chi connectivity index (χ4n) is 1.98. The SMILES string of the molecule is CCn1nccc1-c1nc(CC(C)C)cc(NN)n1. The van der Waals surface area contributed by atoms with Crippen molar-refractivity contribution < 1.29 is 0 Å². The van der Waals surface area contributed by atoms with Crippen LogP contribution < -0.4 is 11.3 Å². The largest absolute Gasteiger partial charge is 0.308 e. The lowest BCUT2D eigenvalue weighted by atomic mass is 10.1. The Hall–Kier alpha value is -1.95. The van der Waals surface area contributed by atoms with Crippen LogP contribution in [0, 0.1) is 5.92 Å². The van der Waals surface area contributed by atoms with Crippen LogP contribution in [0.5, 0.6) is 0 Å². The first-order chi connectivity index (χ1) is 9.13. The van der Waals surface area contributed by atoms with Gasteiger partial charge in [0.25, 0.3) is 0 Å². The maximum Gasteiger partial charge on any atom is 0.180 e. The number of rotatable bonds is 5. The summed E-state index contributed by atoms with van der Waals surface area (Å²) in [5.74, 6) is 7.30. The van der Waals surface area contributed by atoms with Crippen LogP contribution in [0.25, 0.3) is 11.5 Å². The van der Waals surface area contributed by atoms with Crippen molar-refractivity contribution in [3.63, 3.8) is 0 Å². The molecule has 0 aliphatic heterocycles. The van der Waals surface area contributed by atoms with Crippen molar-refractivity contribution >= 4 is 5.82 Å². The number of nitrogens with two attached hydrogens (primary N) is 1. The van der Waals surface area contributed by atoms with Gasteiger partial charge in [0.05, 0.1) is 0 Å². The highest BCUT2D eigenvalue weighted by atomic mass is 15.3. The lowest BCUT2D eigenvalue weighted by Crippen LogP contribution is -2.12. The molecule has 3 N–H and O–H groups in total. The molecule has 0 aliphatic carbocycles. The second-order valence-electron chi connectivity index (χ2n) is 4.84. The van der Waals surface area contributed by atoms with Gasteiger partial charge in [-0.05, 0) is 25.3 Å². The van der Waals surface area contributed by atoms with Crippen molar-refractivity contribution in [3.05, 3.63) is 24.0 Å². The topological polar surface area (TPSA) is 81.7 Å². The van der Waals surface area contributed by atoms with Gasteiger partial charge in [0.2, 0.25) is 0 Å². The van der Waals surface area contributed by atoms with Gasteiger partial charge in [0, 0.05) is 24.5 Å². The molecule has 102 valence electrons. The zero-order valence-corrected chi connectivity index (χ0v) is 11.6. The molecule has 0 bridgehead atoms. The Morgan fingerprint density at radius 3 is 2.79 bits per heavy atom. The van der Waals surface area contributed by atoms with Crippen LogP contribution in [0.15, 0.2) is 18.3 Å². The molecular weight excluding hydrogens is 240 g/mol. The van der Waals surface area contributed by atoms with Gasteiger partial charge >= 0.3 is 0 Å². The number of aromatic nitrogens is 4. The number of hydrogen-bond donors (Lipinski definition) is 2. The molecule has 0 atom stereocenters. The average Bonchev–Trinajstić information content (AvgIpc) is 2.85. The van der Waals surface area contributed by atoms with Crippen LogP contribution in [0.4, 0.5) is 5.82 Å². The molecule has 0 amide bonds. The summed E-state index contributed by atoms with van der Waals surface area (Å²) in [6.45, 7) is 7.14. The molecule has 2 heterocycles. The van der Waals surface area contributed by atoms with Gasteiger partial charge in [0.15, 0.2) is 5.82 Å². The minimum atomic E-state index is 0.532. The van der Waals surface area contributed by atoms with Crippen molar-refractivity contribution in [2.45, 2.75) is 33.7 Å². The van der Waals surface area contributed by atoms with E-state index in [1.54, 1.807) is 6.20 Å². The Kier molecular flexibility index (Phi) is 4.11. The zero-order chi connectivity index (χ0) is 13.8. The third kappa shape index (κ3) is 3.08. The van der Waals surface area contributed by atoms with Crippen molar-refractivity contribution in [1.82, 2.24) is 19.7 Å². The molecule has 0 saturated heterocycles. The first kappa shape index (κ1) is 13.5. The van der Waals surface area contributed by atoms with E-state index in [1.807, 2.05) is 23.7 Å². The summed E-state index contributed by atoms with van der Waals surface area (Å²) in [4.78, 5) is 9.01. The second-order valence-corrected chi connectivity index (χ2v) is 4.84. The van der Waals surface area contributed by atoms with E-state index in [-0.39, 0.29) is 0 Å². The number of nitrogen functional groups attached to an aromatic ring is 1. The van der Waals surface area contributed by atoms with Crippen LogP contribution in [-0.4, -0.2) is 19.7 Å². The highest BCUT2D eigenvalue weighted by Gasteiger charge is 2.11. The normalized spacial score (nSPS) is 11.0. The van der Waals surface area contributed by atoms with Crippen molar-refractivity contribution in [3.8, 4) is 11.5 Å². The highest BCUT2D eigenvalue weighted by molar-refractivity contribution is 5.53. The summed E-state index contributed by atoms with van der Waals surface area (Å²) in [5, 5.41) is 4.24. The van der Waals surface area contributed by atoms with Crippen molar-refractivity contribution in [1.29, 1.82) is 0 Å². The molecular formula is C13H20N6. The van der Waals surface area contributed by atoms with E-state index in [2.05, 4.69) is 34.3 Å². The van der Waals surface area contributed by atoms with E-state index in [0.717, 1.165) is 24.4 Å². The molecule has 0 unspecified atom stereocenters. The summed E-state index contributed by atoms with van der Waals surface area (Å²) in [6.07, 6.45) is 2.65. The zero-order valence-electron chi connectivity index (χ0n) is 11.6. The monoisotopic (exact) mass is 260 g/mol. The molecule has 2 aromatic rings. The number of anilines is 1. The molecule has 19 heavy (non-hydrogen) atoms. The van der Waals surface area contributed by atoms with Gasteiger partial charge in [-0.25, -0.2) is 15.8 Å². The Balaban J connectivity index is 2.44. The minimum absolute atomic E-state index is 0.532. The predicted molar refractivity (Wildman–Crippen MR) is 75.3 cm³/mol. The van der Waals surface area contributed by atoms with Crippen LogP contribution in [0.2, 0.25) is 0 Å². The van der Waals surface area contributed by atoms with E-state index < -0.39 is 0 Å². The van der Waals surface area contributed by atoms with E-state index >= 15 is 0 Å². The van der Waals surface area contributed by atoms with E-state index in [9.17, 15) is 0 Å². The summed E-state index contributed by atoms with van der Waals surface area (Å²) in [5.41, 5.74) is 4.49. The molecule has 6 heteroatoms. The van der Waals surface area contributed by atoms with Crippen LogP contribution in [0.1, 0.15) is 26.5 Å². The van der Waals surface area contributed by atoms with E-state index in [1.165, 1.54) is 0 Å². The lowest BCUT2D eigenvalue weighted by molar-refractivity contribution is 0.632. The van der Waals surface area contributed by atoms with Crippen LogP contribution in [-0.2, 0) is 13.0 Å². The number of aryl methyl sites for hydroxylation is 1. The Morgan fingerprint density at radius 2 is 2.16 bits per heavy atom. The molecule has 0 saturated carbocycles. The molecule has 6 nitrogen and oxygen atoms in total. The first-order valence-electron chi connectivity index (χ1n) is 6.50. The Bertz CT molecular complexity index is 546. The Morgan fingerprint density at radius 1 is 1.37 bits per heavy atom. The quantitative estimate of drug-likeness (QED) is 0.633. The fraction of sp³-hybridized carbons (Fsp3) is 0.462. The maximum atomic E-state index is 5.48. The van der Waals surface area contributed by atoms with Gasteiger partial charge in [0.1, 0.15) is 11.5 Å². The third-order valence-electron chi connectivity index (χ3n) is 2.79. The van der Waals surface area contributed by atoms with Gasteiger partial charge in [-0.15, -0.1) is 0 Å². The summed E-state index contributed by atoms with van der Waals surface area (Å²) in [6, 6.07) is 3.80.